The van der Waals surface area contributed by atoms with Crippen LogP contribution in [0.3, 0.4) is 0 Å². The summed E-state index contributed by atoms with van der Waals surface area (Å²) in [5, 5.41) is 6.00. The second kappa shape index (κ2) is 6.49. The topological polar surface area (TPSA) is 65.4 Å². The number of amides is 1. The van der Waals surface area contributed by atoms with Gasteiger partial charge in [0.15, 0.2) is 11.5 Å². The monoisotopic (exact) mass is 369 g/mol. The molecule has 0 radical (unpaired) electrons. The van der Waals surface area contributed by atoms with Gasteiger partial charge in [-0.25, -0.2) is 4.98 Å². The third-order valence-electron chi connectivity index (χ3n) is 4.43. The van der Waals surface area contributed by atoms with E-state index in [0.29, 0.717) is 17.2 Å². The van der Waals surface area contributed by atoms with E-state index in [1.165, 1.54) is 0 Å². The normalized spacial score (nSPS) is 12.4. The number of nitrogens with zero attached hydrogens (tertiary/aromatic N) is 2. The van der Waals surface area contributed by atoms with Crippen molar-refractivity contribution < 1.29 is 14.3 Å². The first-order valence-electron chi connectivity index (χ1n) is 8.30. The number of aryl methyl sites for hydroxylation is 2. The van der Waals surface area contributed by atoms with Crippen LogP contribution in [-0.2, 0) is 11.3 Å². The molecule has 26 heavy (non-hydrogen) atoms. The van der Waals surface area contributed by atoms with Gasteiger partial charge in [0.25, 0.3) is 0 Å². The third kappa shape index (κ3) is 3.06. The number of thiazole rings is 1. The highest BCUT2D eigenvalue weighted by molar-refractivity contribution is 7.09. The average molecular weight is 369 g/mol. The summed E-state index contributed by atoms with van der Waals surface area (Å²) in [6, 6.07) is 7.47. The highest BCUT2D eigenvalue weighted by atomic mass is 32.1. The Morgan fingerprint density at radius 2 is 2.04 bits per heavy atom. The first-order chi connectivity index (χ1) is 12.5. The maximum absolute atomic E-state index is 12.5. The van der Waals surface area contributed by atoms with Crippen LogP contribution >= 0.6 is 11.3 Å². The van der Waals surface area contributed by atoms with Crippen molar-refractivity contribution in [2.45, 2.75) is 27.3 Å². The number of hydrogen-bond acceptors (Lipinski definition) is 5. The second-order valence-electron chi connectivity index (χ2n) is 6.24. The highest BCUT2D eigenvalue weighted by Gasteiger charge is 2.17. The molecule has 7 heteroatoms. The van der Waals surface area contributed by atoms with Crippen molar-refractivity contribution in [3.05, 3.63) is 46.0 Å². The number of carbonyl (C=O) groups is 1. The lowest BCUT2D eigenvalue weighted by atomic mass is 10.2. The molecule has 1 amide bonds. The largest absolute Gasteiger partial charge is 0.454 e. The first-order valence-corrected chi connectivity index (χ1v) is 9.18. The molecule has 3 aromatic rings. The molecule has 1 aliphatic rings. The molecular weight excluding hydrogens is 350 g/mol. The number of ether oxygens (including phenoxy) is 2. The fourth-order valence-corrected chi connectivity index (χ4v) is 3.72. The van der Waals surface area contributed by atoms with Crippen LogP contribution in [0, 0.1) is 20.8 Å². The molecule has 3 heterocycles. The van der Waals surface area contributed by atoms with E-state index in [9.17, 15) is 4.79 Å². The molecular formula is C19H19N3O3S. The number of fused-ring (bicyclic) bond motifs is 1. The molecule has 134 valence electrons. The minimum Gasteiger partial charge on any atom is -0.454 e. The summed E-state index contributed by atoms with van der Waals surface area (Å²) in [4.78, 5) is 17.1. The van der Waals surface area contributed by atoms with E-state index >= 15 is 0 Å². The summed E-state index contributed by atoms with van der Waals surface area (Å²) in [6.45, 7) is 6.48. The van der Waals surface area contributed by atoms with Gasteiger partial charge in [-0.3, -0.25) is 4.79 Å². The number of aromatic nitrogens is 2. The van der Waals surface area contributed by atoms with Crippen molar-refractivity contribution in [3.8, 4) is 22.8 Å². The van der Waals surface area contributed by atoms with Crippen molar-refractivity contribution in [2.75, 3.05) is 12.1 Å². The first kappa shape index (κ1) is 16.7. The summed E-state index contributed by atoms with van der Waals surface area (Å²) >= 11 is 1.63. The third-order valence-corrected chi connectivity index (χ3v) is 5.20. The molecule has 0 aliphatic carbocycles. The van der Waals surface area contributed by atoms with Crippen LogP contribution in [0.25, 0.3) is 11.3 Å². The average Bonchev–Trinajstić information content (AvgIpc) is 3.30. The lowest BCUT2D eigenvalue weighted by molar-refractivity contribution is -0.116. The van der Waals surface area contributed by atoms with Crippen molar-refractivity contribution in [2.24, 2.45) is 0 Å². The Hall–Kier alpha value is -2.80. The Balaban J connectivity index is 1.52. The number of carbonyl (C=O) groups excluding carboxylic acids is 1. The zero-order valence-electron chi connectivity index (χ0n) is 14.8. The second-order valence-corrected chi connectivity index (χ2v) is 7.30. The van der Waals surface area contributed by atoms with E-state index in [1.807, 2.05) is 36.8 Å². The van der Waals surface area contributed by atoms with Gasteiger partial charge in [-0.1, -0.05) is 0 Å². The lowest BCUT2D eigenvalue weighted by Crippen LogP contribution is -2.20. The predicted octanol–water partition coefficient (Wildman–Crippen LogP) is 3.90. The molecule has 0 atom stereocenters. The van der Waals surface area contributed by atoms with Crippen LogP contribution in [0.2, 0.25) is 0 Å². The Bertz CT molecular complexity index is 990. The van der Waals surface area contributed by atoms with Crippen molar-refractivity contribution in [1.82, 2.24) is 9.55 Å². The number of anilines is 1. The Morgan fingerprint density at radius 3 is 2.81 bits per heavy atom. The number of hydrogen-bond donors (Lipinski definition) is 1. The van der Waals surface area contributed by atoms with Crippen LogP contribution in [0.4, 0.5) is 5.69 Å². The van der Waals surface area contributed by atoms with E-state index in [0.717, 1.165) is 27.7 Å². The van der Waals surface area contributed by atoms with Crippen molar-refractivity contribution >= 4 is 22.9 Å². The van der Waals surface area contributed by atoms with Crippen LogP contribution in [0.5, 0.6) is 11.5 Å². The minimum absolute atomic E-state index is 0.0910. The molecule has 4 rings (SSSR count). The van der Waals surface area contributed by atoms with Gasteiger partial charge in [0, 0.05) is 34.1 Å². The molecule has 2 aromatic heterocycles. The minimum atomic E-state index is -0.0910. The van der Waals surface area contributed by atoms with E-state index in [2.05, 4.69) is 16.4 Å². The van der Waals surface area contributed by atoms with Gasteiger partial charge in [-0.05, 0) is 39.0 Å². The quantitative estimate of drug-likeness (QED) is 0.757. The Labute approximate surface area is 155 Å². The molecule has 6 nitrogen and oxygen atoms in total. The molecule has 0 unspecified atom stereocenters. The van der Waals surface area contributed by atoms with E-state index < -0.39 is 0 Å². The van der Waals surface area contributed by atoms with E-state index in [4.69, 9.17) is 9.47 Å². The predicted molar refractivity (Wildman–Crippen MR) is 101 cm³/mol. The summed E-state index contributed by atoms with van der Waals surface area (Å²) in [5.41, 5.74) is 4.79. The maximum Gasteiger partial charge on any atom is 0.244 e. The molecule has 0 saturated heterocycles. The summed E-state index contributed by atoms with van der Waals surface area (Å²) in [7, 11) is 0. The van der Waals surface area contributed by atoms with Crippen LogP contribution < -0.4 is 14.8 Å². The number of benzene rings is 1. The van der Waals surface area contributed by atoms with Crippen molar-refractivity contribution in [3.63, 3.8) is 0 Å². The number of rotatable bonds is 4. The molecule has 1 aromatic carbocycles. The fourth-order valence-electron chi connectivity index (χ4n) is 3.11. The molecule has 0 bridgehead atoms. The van der Waals surface area contributed by atoms with Crippen LogP contribution in [0.1, 0.15) is 16.4 Å². The maximum atomic E-state index is 12.5. The van der Waals surface area contributed by atoms with Gasteiger partial charge in [-0.2, -0.15) is 0 Å². The zero-order chi connectivity index (χ0) is 18.3. The van der Waals surface area contributed by atoms with Gasteiger partial charge >= 0.3 is 0 Å². The van der Waals surface area contributed by atoms with Gasteiger partial charge in [0.1, 0.15) is 6.54 Å². The van der Waals surface area contributed by atoms with E-state index in [-0.39, 0.29) is 19.2 Å². The van der Waals surface area contributed by atoms with Gasteiger partial charge < -0.3 is 19.4 Å². The Kier molecular flexibility index (Phi) is 4.16. The summed E-state index contributed by atoms with van der Waals surface area (Å²) < 4.78 is 12.6. The fraction of sp³-hybridized carbons (Fsp3) is 0.263. The SMILES string of the molecule is Cc1nc(-c2cc(C)n(CC(=O)Nc3ccc4c(c3)OCO4)c2C)cs1. The smallest absolute Gasteiger partial charge is 0.244 e. The molecule has 0 spiro atoms. The van der Waals surface area contributed by atoms with Gasteiger partial charge in [0.05, 0.1) is 10.7 Å². The van der Waals surface area contributed by atoms with Crippen LogP contribution in [0.15, 0.2) is 29.6 Å². The molecule has 0 fully saturated rings. The molecule has 1 aliphatic heterocycles. The Morgan fingerprint density at radius 1 is 1.23 bits per heavy atom. The standard InChI is InChI=1S/C19H19N3O3S/c1-11-6-15(16-9-26-13(3)20-16)12(2)22(11)8-19(23)21-14-4-5-17-18(7-14)25-10-24-17/h4-7,9H,8,10H2,1-3H3,(H,21,23). The highest BCUT2D eigenvalue weighted by Crippen LogP contribution is 2.34. The van der Waals surface area contributed by atoms with Gasteiger partial charge in [0.2, 0.25) is 12.7 Å². The van der Waals surface area contributed by atoms with Crippen molar-refractivity contribution in [1.29, 1.82) is 0 Å². The zero-order valence-corrected chi connectivity index (χ0v) is 15.6. The summed E-state index contributed by atoms with van der Waals surface area (Å²) in [5.74, 6) is 1.26. The van der Waals surface area contributed by atoms with Crippen LogP contribution in [-0.4, -0.2) is 22.3 Å². The lowest BCUT2D eigenvalue weighted by Gasteiger charge is -2.11. The summed E-state index contributed by atoms with van der Waals surface area (Å²) in [6.07, 6.45) is 0. The number of nitrogens with one attached hydrogen (secondary N) is 1. The van der Waals surface area contributed by atoms with E-state index in [1.54, 1.807) is 23.5 Å². The van der Waals surface area contributed by atoms with Gasteiger partial charge in [-0.15, -0.1) is 11.3 Å². The molecule has 0 saturated carbocycles. The molecule has 1 N–H and O–H groups in total.